The second kappa shape index (κ2) is 7.38. The molecule has 20 heavy (non-hydrogen) atoms. The molecular weight excluding hydrogens is 298 g/mol. The first-order chi connectivity index (χ1) is 9.21. The summed E-state index contributed by atoms with van der Waals surface area (Å²) in [6.45, 7) is 0. The van der Waals surface area contributed by atoms with Crippen LogP contribution in [-0.4, -0.2) is 21.3 Å². The van der Waals surface area contributed by atoms with Crippen LogP contribution in [-0.2, 0) is 0 Å². The zero-order chi connectivity index (χ0) is 13.8. The Balaban J connectivity index is 0.00000200. The van der Waals surface area contributed by atoms with Gasteiger partial charge in [-0.05, 0) is 11.4 Å². The van der Waals surface area contributed by atoms with Gasteiger partial charge in [0.15, 0.2) is 0 Å². The van der Waals surface area contributed by atoms with Crippen LogP contribution < -0.4 is 19.9 Å². The molecule has 1 heterocycles. The first kappa shape index (κ1) is 16.6. The van der Waals surface area contributed by atoms with Crippen LogP contribution >= 0.6 is 23.7 Å². The lowest BCUT2D eigenvalue weighted by Gasteiger charge is -2.19. The third kappa shape index (κ3) is 3.17. The predicted molar refractivity (Wildman–Crippen MR) is 83.7 cm³/mol. The van der Waals surface area contributed by atoms with Gasteiger partial charge in [-0.3, -0.25) is 0 Å². The molecule has 0 amide bonds. The van der Waals surface area contributed by atoms with E-state index in [2.05, 4.69) is 0 Å². The largest absolute Gasteiger partial charge is 0.496 e. The molecule has 4 nitrogen and oxygen atoms in total. The normalized spacial score (nSPS) is 11.4. The highest BCUT2D eigenvalue weighted by Crippen LogP contribution is 2.40. The fraction of sp³-hybridized carbons (Fsp3) is 0.286. The standard InChI is InChI=1S/C14H17NO3S.ClH/c1-16-9-7-10(17-2)13(11(8-9)18-3)14(15)12-5-4-6-19-12;/h4-8,14H,15H2,1-3H3;1H/t14-;/m0./s1. The number of thiophene rings is 1. The van der Waals surface area contributed by atoms with Crippen molar-refractivity contribution >= 4 is 23.7 Å². The number of hydrogen-bond acceptors (Lipinski definition) is 5. The summed E-state index contributed by atoms with van der Waals surface area (Å²) in [5, 5.41) is 2.00. The molecule has 0 bridgehead atoms. The van der Waals surface area contributed by atoms with Crippen LogP contribution in [0.4, 0.5) is 0 Å². The number of rotatable bonds is 5. The van der Waals surface area contributed by atoms with E-state index in [4.69, 9.17) is 19.9 Å². The maximum absolute atomic E-state index is 6.31. The zero-order valence-electron chi connectivity index (χ0n) is 11.6. The van der Waals surface area contributed by atoms with Gasteiger partial charge in [-0.15, -0.1) is 23.7 Å². The van der Waals surface area contributed by atoms with Crippen LogP contribution in [0.2, 0.25) is 0 Å². The van der Waals surface area contributed by atoms with Gasteiger partial charge in [0.1, 0.15) is 17.2 Å². The third-order valence-electron chi connectivity index (χ3n) is 2.91. The molecule has 2 rings (SSSR count). The Bertz CT molecular complexity index is 520. The average Bonchev–Trinajstić information content (AvgIpc) is 2.99. The molecule has 0 radical (unpaired) electrons. The maximum atomic E-state index is 6.31. The summed E-state index contributed by atoms with van der Waals surface area (Å²) in [6.07, 6.45) is 0. The van der Waals surface area contributed by atoms with Crippen LogP contribution in [0, 0.1) is 0 Å². The summed E-state index contributed by atoms with van der Waals surface area (Å²) in [5.74, 6) is 2.00. The van der Waals surface area contributed by atoms with E-state index >= 15 is 0 Å². The highest BCUT2D eigenvalue weighted by Gasteiger charge is 2.21. The maximum Gasteiger partial charge on any atom is 0.131 e. The second-order valence-electron chi connectivity index (χ2n) is 3.94. The number of hydrogen-bond donors (Lipinski definition) is 1. The van der Waals surface area contributed by atoms with Crippen molar-refractivity contribution in [1.29, 1.82) is 0 Å². The highest BCUT2D eigenvalue weighted by molar-refractivity contribution is 7.10. The summed E-state index contributed by atoms with van der Waals surface area (Å²) in [6, 6.07) is 7.31. The zero-order valence-corrected chi connectivity index (χ0v) is 13.2. The van der Waals surface area contributed by atoms with Crippen molar-refractivity contribution < 1.29 is 14.2 Å². The van der Waals surface area contributed by atoms with E-state index in [-0.39, 0.29) is 18.4 Å². The van der Waals surface area contributed by atoms with Crippen LogP contribution in [0.15, 0.2) is 29.6 Å². The van der Waals surface area contributed by atoms with Crippen molar-refractivity contribution in [1.82, 2.24) is 0 Å². The summed E-state index contributed by atoms with van der Waals surface area (Å²) in [4.78, 5) is 1.06. The van der Waals surface area contributed by atoms with Crippen LogP contribution in [0.3, 0.4) is 0 Å². The molecule has 0 aliphatic carbocycles. The van der Waals surface area contributed by atoms with Crippen LogP contribution in [0.25, 0.3) is 0 Å². The van der Waals surface area contributed by atoms with Gasteiger partial charge in [0.25, 0.3) is 0 Å². The molecule has 0 saturated heterocycles. The number of benzene rings is 1. The van der Waals surface area contributed by atoms with E-state index in [1.807, 2.05) is 29.6 Å². The summed E-state index contributed by atoms with van der Waals surface area (Å²) >= 11 is 1.61. The number of methoxy groups -OCH3 is 3. The van der Waals surface area contributed by atoms with Crippen molar-refractivity contribution in [2.24, 2.45) is 5.73 Å². The topological polar surface area (TPSA) is 53.7 Å². The summed E-state index contributed by atoms with van der Waals surface area (Å²) < 4.78 is 16.1. The lowest BCUT2D eigenvalue weighted by Crippen LogP contribution is -2.13. The molecule has 2 aromatic rings. The summed E-state index contributed by atoms with van der Waals surface area (Å²) in [5.41, 5.74) is 7.14. The van der Waals surface area contributed by atoms with Gasteiger partial charge in [-0.1, -0.05) is 6.07 Å². The Morgan fingerprint density at radius 1 is 1.05 bits per heavy atom. The van der Waals surface area contributed by atoms with E-state index in [0.717, 1.165) is 10.4 Å². The summed E-state index contributed by atoms with van der Waals surface area (Å²) in [7, 11) is 4.82. The molecule has 0 fully saturated rings. The molecule has 6 heteroatoms. The Hall–Kier alpha value is -1.43. The Morgan fingerprint density at radius 2 is 1.65 bits per heavy atom. The van der Waals surface area contributed by atoms with Crippen molar-refractivity contribution in [3.05, 3.63) is 40.1 Å². The molecule has 0 spiro atoms. The van der Waals surface area contributed by atoms with Crippen molar-refractivity contribution in [2.75, 3.05) is 21.3 Å². The minimum Gasteiger partial charge on any atom is -0.496 e. The number of nitrogens with two attached hydrogens (primary N) is 1. The Kier molecular flexibility index (Phi) is 6.13. The molecule has 1 atom stereocenters. The second-order valence-corrected chi connectivity index (χ2v) is 4.92. The smallest absolute Gasteiger partial charge is 0.131 e. The number of halogens is 1. The lowest BCUT2D eigenvalue weighted by atomic mass is 10.0. The molecule has 0 saturated carbocycles. The van der Waals surface area contributed by atoms with Gasteiger partial charge < -0.3 is 19.9 Å². The molecule has 0 unspecified atom stereocenters. The monoisotopic (exact) mass is 315 g/mol. The van der Waals surface area contributed by atoms with Gasteiger partial charge in [0.05, 0.1) is 32.9 Å². The molecule has 2 N–H and O–H groups in total. The highest BCUT2D eigenvalue weighted by atomic mass is 35.5. The Labute approximate surface area is 128 Å². The molecule has 0 aliphatic heterocycles. The van der Waals surface area contributed by atoms with Crippen molar-refractivity contribution in [3.8, 4) is 17.2 Å². The Morgan fingerprint density at radius 3 is 2.05 bits per heavy atom. The minimum atomic E-state index is -0.282. The predicted octanol–water partition coefficient (Wildman–Crippen LogP) is 3.24. The minimum absolute atomic E-state index is 0. The fourth-order valence-electron chi connectivity index (χ4n) is 1.95. The third-order valence-corrected chi connectivity index (χ3v) is 3.87. The first-order valence-electron chi connectivity index (χ1n) is 5.80. The fourth-order valence-corrected chi connectivity index (χ4v) is 2.69. The lowest BCUT2D eigenvalue weighted by molar-refractivity contribution is 0.367. The van der Waals surface area contributed by atoms with E-state index in [0.29, 0.717) is 17.2 Å². The quantitative estimate of drug-likeness (QED) is 0.920. The molecule has 1 aromatic heterocycles. The van der Waals surface area contributed by atoms with Gasteiger partial charge >= 0.3 is 0 Å². The molecule has 0 aliphatic rings. The van der Waals surface area contributed by atoms with Crippen LogP contribution in [0.1, 0.15) is 16.5 Å². The van der Waals surface area contributed by atoms with Crippen molar-refractivity contribution in [3.63, 3.8) is 0 Å². The first-order valence-corrected chi connectivity index (χ1v) is 6.68. The molecular formula is C14H18ClNO3S. The van der Waals surface area contributed by atoms with Gasteiger partial charge in [-0.2, -0.15) is 0 Å². The van der Waals surface area contributed by atoms with E-state index < -0.39 is 0 Å². The van der Waals surface area contributed by atoms with E-state index in [1.54, 1.807) is 32.7 Å². The molecule has 1 aromatic carbocycles. The average molecular weight is 316 g/mol. The van der Waals surface area contributed by atoms with E-state index in [9.17, 15) is 0 Å². The molecule has 110 valence electrons. The van der Waals surface area contributed by atoms with Gasteiger partial charge in [0.2, 0.25) is 0 Å². The van der Waals surface area contributed by atoms with Gasteiger partial charge in [-0.25, -0.2) is 0 Å². The van der Waals surface area contributed by atoms with E-state index in [1.165, 1.54) is 0 Å². The SMILES string of the molecule is COc1cc(OC)c([C@@H](N)c2cccs2)c(OC)c1.Cl. The van der Waals surface area contributed by atoms with Crippen molar-refractivity contribution in [2.45, 2.75) is 6.04 Å². The van der Waals surface area contributed by atoms with Gasteiger partial charge in [0, 0.05) is 17.0 Å². The van der Waals surface area contributed by atoms with Crippen LogP contribution in [0.5, 0.6) is 17.2 Å². The number of ether oxygens (including phenoxy) is 3.